The van der Waals surface area contributed by atoms with Gasteiger partial charge < -0.3 is 50.7 Å². The number of aryl methyl sites for hydroxylation is 5. The van der Waals surface area contributed by atoms with Gasteiger partial charge in [0.1, 0.15) is 10.0 Å². The maximum Gasteiger partial charge on any atom is 0.416 e. The Bertz CT molecular complexity index is 5010. The van der Waals surface area contributed by atoms with Crippen molar-refractivity contribution < 1.29 is 56.3 Å². The minimum absolute atomic E-state index is 0.000546. The molecule has 0 aliphatic carbocycles. The first-order valence-corrected chi connectivity index (χ1v) is 48.6. The van der Waals surface area contributed by atoms with E-state index in [1.54, 1.807) is 29.8 Å². The zero-order valence-electron chi connectivity index (χ0n) is 81.6. The first-order chi connectivity index (χ1) is 63.2. The molecule has 8 heterocycles. The van der Waals surface area contributed by atoms with E-state index in [-0.39, 0.29) is 88.7 Å². The second-order valence-corrected chi connectivity index (χ2v) is 38.6. The Morgan fingerprint density at radius 1 is 0.421 bits per heavy atom. The third-order valence-corrected chi connectivity index (χ3v) is 25.4. The van der Waals surface area contributed by atoms with E-state index in [2.05, 4.69) is 91.9 Å². The van der Waals surface area contributed by atoms with Crippen molar-refractivity contribution in [3.05, 3.63) is 171 Å². The van der Waals surface area contributed by atoms with Crippen LogP contribution in [-0.4, -0.2) is 292 Å². The van der Waals surface area contributed by atoms with Gasteiger partial charge in [-0.05, 0) is 112 Å². The monoisotopic (exact) mass is 1880 g/mol. The van der Waals surface area contributed by atoms with Crippen LogP contribution in [-0.2, 0) is 75.4 Å². The van der Waals surface area contributed by atoms with Crippen LogP contribution < -0.4 is 26.2 Å². The van der Waals surface area contributed by atoms with Crippen LogP contribution in [0.2, 0.25) is 0 Å². The average molecular weight is 1880 g/mol. The molecular weight excluding hydrogens is 1730 g/mol. The van der Waals surface area contributed by atoms with Crippen molar-refractivity contribution in [3.63, 3.8) is 0 Å². The van der Waals surface area contributed by atoms with Crippen LogP contribution in [0.3, 0.4) is 0 Å². The number of piperazine rings is 5. The molecule has 13 rings (SSSR count). The number of anilines is 3. The summed E-state index contributed by atoms with van der Waals surface area (Å²) in [5.41, 5.74) is 9.79. The van der Waals surface area contributed by atoms with Crippen molar-refractivity contribution in [1.29, 1.82) is 0 Å². The summed E-state index contributed by atoms with van der Waals surface area (Å²) >= 11 is 3.22. The molecule has 33 heteroatoms. The van der Waals surface area contributed by atoms with Crippen molar-refractivity contribution in [2.75, 3.05) is 186 Å². The lowest BCUT2D eigenvalue weighted by Crippen LogP contribution is -2.52. The van der Waals surface area contributed by atoms with Crippen LogP contribution in [0.25, 0.3) is 20.4 Å². The highest BCUT2D eigenvalue weighted by Gasteiger charge is 2.33. The number of thiazole rings is 2. The number of fused-ring (bicyclic) bond motifs is 2. The van der Waals surface area contributed by atoms with Gasteiger partial charge in [0.15, 0.2) is 0 Å². The van der Waals surface area contributed by atoms with Crippen molar-refractivity contribution in [1.82, 2.24) is 79.6 Å². The second kappa shape index (κ2) is 53.6. The molecule has 0 spiro atoms. The number of rotatable bonds is 26. The number of nitrogens with zero attached hydrogens (tertiary/aromatic N) is 15. The fraction of sp³-hybridized carbons (Fsp3) is 0.550. The normalized spacial score (nSPS) is 15.4. The Balaban J connectivity index is 0.000000198. The molecule has 0 radical (unpaired) electrons. The second-order valence-electron chi connectivity index (χ2n) is 36.4. The smallest absolute Gasteiger partial charge is 0.354 e. The quantitative estimate of drug-likeness (QED) is 0.0366. The summed E-state index contributed by atoms with van der Waals surface area (Å²) in [6.07, 6.45) is 0.0519. The molecule has 9 amide bonds. The topological polar surface area (TPSA) is 289 Å². The molecule has 8 aromatic rings. The summed E-state index contributed by atoms with van der Waals surface area (Å²) in [7, 11) is 0. The van der Waals surface area contributed by atoms with Gasteiger partial charge in [-0.25, -0.2) is 19.9 Å². The van der Waals surface area contributed by atoms with Gasteiger partial charge in [-0.15, -0.1) is 22.7 Å². The molecule has 28 nitrogen and oxygen atoms in total. The molecule has 133 heavy (non-hydrogen) atoms. The number of aromatic nitrogens is 4. The molecule has 0 unspecified atom stereocenters. The van der Waals surface area contributed by atoms with Crippen LogP contribution >= 0.6 is 22.7 Å². The van der Waals surface area contributed by atoms with Crippen molar-refractivity contribution in [2.45, 2.75) is 157 Å². The van der Waals surface area contributed by atoms with E-state index in [4.69, 9.17) is 4.98 Å². The van der Waals surface area contributed by atoms with E-state index in [1.807, 2.05) is 208 Å². The third kappa shape index (κ3) is 35.7. The van der Waals surface area contributed by atoms with Crippen LogP contribution in [0.5, 0.6) is 0 Å². The first kappa shape index (κ1) is 108. The third-order valence-electron chi connectivity index (χ3n) is 23.4. The van der Waals surface area contributed by atoms with Crippen molar-refractivity contribution in [3.8, 4) is 0 Å². The van der Waals surface area contributed by atoms with E-state index < -0.39 is 11.7 Å². The van der Waals surface area contributed by atoms with E-state index in [0.717, 1.165) is 141 Å². The molecule has 4 N–H and O–H groups in total. The van der Waals surface area contributed by atoms with Gasteiger partial charge in [-0.1, -0.05) is 161 Å². The molecule has 5 aliphatic heterocycles. The Kier molecular flexibility index (Phi) is 43.5. The van der Waals surface area contributed by atoms with Gasteiger partial charge in [0.2, 0.25) is 59.1 Å². The predicted molar refractivity (Wildman–Crippen MR) is 526 cm³/mol. The number of hydrogen-bond donors (Lipinski definition) is 4. The van der Waals surface area contributed by atoms with E-state index >= 15 is 0 Å². The molecular formula is C100H144F3N19O9S2. The lowest BCUT2D eigenvalue weighted by atomic mass is 10.1. The van der Waals surface area contributed by atoms with Gasteiger partial charge in [0.25, 0.3) is 0 Å². The molecule has 3 aromatic heterocycles. The lowest BCUT2D eigenvalue weighted by molar-refractivity contribution is -0.138. The highest BCUT2D eigenvalue weighted by molar-refractivity contribution is 7.18. The highest BCUT2D eigenvalue weighted by atomic mass is 32.1. The molecule has 5 fully saturated rings. The predicted octanol–water partition coefficient (Wildman–Crippen LogP) is 13.0. The van der Waals surface area contributed by atoms with E-state index in [1.165, 1.54) is 49.4 Å². The molecule has 5 aliphatic rings. The van der Waals surface area contributed by atoms with Crippen LogP contribution in [0, 0.1) is 63.2 Å². The average Bonchev–Trinajstić information content (AvgIpc) is 1.66. The maximum absolute atomic E-state index is 12.8. The molecule has 0 saturated carbocycles. The number of halogens is 3. The zero-order chi connectivity index (χ0) is 97.2. The van der Waals surface area contributed by atoms with Gasteiger partial charge in [0.05, 0.1) is 58.7 Å². The van der Waals surface area contributed by atoms with Gasteiger partial charge in [0, 0.05) is 216 Å². The fourth-order valence-corrected chi connectivity index (χ4v) is 17.4. The number of benzene rings is 5. The van der Waals surface area contributed by atoms with E-state index in [9.17, 15) is 56.3 Å². The Morgan fingerprint density at radius 3 is 1.26 bits per heavy atom. The molecule has 0 bridgehead atoms. The fourth-order valence-electron chi connectivity index (χ4n) is 15.3. The Morgan fingerprint density at radius 2 is 0.835 bits per heavy atom. The van der Waals surface area contributed by atoms with Crippen molar-refractivity contribution in [2.24, 2.45) is 35.5 Å². The summed E-state index contributed by atoms with van der Waals surface area (Å²) in [6, 6.07) is 34.2. The number of carbonyl (C=O) groups is 9. The molecule has 0 atom stereocenters. The first-order valence-electron chi connectivity index (χ1n) is 47.0. The van der Waals surface area contributed by atoms with Crippen LogP contribution in [0.15, 0.2) is 122 Å². The number of amides is 9. The van der Waals surface area contributed by atoms with Gasteiger partial charge in [-0.2, -0.15) is 13.2 Å². The Hall–Kier alpha value is -10.4. The number of nitrogens with one attached hydrogen (secondary N) is 4. The zero-order valence-corrected chi connectivity index (χ0v) is 83.2. The summed E-state index contributed by atoms with van der Waals surface area (Å²) < 4.78 is 40.4. The molecule has 726 valence electrons. The van der Waals surface area contributed by atoms with Gasteiger partial charge >= 0.3 is 6.18 Å². The number of likely N-dealkylation sites (N-methyl/N-ethyl adjacent to an activating group) is 1. The summed E-state index contributed by atoms with van der Waals surface area (Å²) in [4.78, 5) is 147. The maximum atomic E-state index is 12.8. The standard InChI is InChI=1S/C19H29N3O2.2C18H27N3O2.C18H25N3OS.C17H20F3N3OS.C10H16N4O/c1-5-22(17-8-6-16(4)7-9-17)18(23)14-20-10-12-21(13-11-20)19(24)15(2)3;1-13(2)18(23)21-9-7-20(8-10-21)12-17(22)19-16-6-5-14(3)11-15(16)4;1-14(2)18(23)21-10-8-20(9-11-21)13-17(22)19-12-16-6-4-15(3)5-7-16;1-4-14-5-6-15-16(11-14)23-17(19-15)12-20-7-9-21(10-8-20)18(22)13(2)3;1-11(2)16(24)23-7-5-22(6-8-23)10-15-21-13-9-12(17(18,19)20)3-4-14(13)25-15;1-8(2)9(15)11-6-7-14-10-12-4-3-5-13-10/h6-9,15H,5,10-14H2,1-4H3;5-6,11,13H,7-10,12H2,1-4H3,(H,19,22);4-7,14H,8-13H2,1-3H3,(H,19,22);5-6,11,13H,4,7-10,12H2,1-3H3;3-4,9,11H,5-8,10H2,1-2H3;3-5,8H,6-7H2,1-2H3,(H,11,15)(H,12,13,14). The van der Waals surface area contributed by atoms with Crippen LogP contribution in [0.1, 0.15) is 146 Å². The number of hydrogen-bond acceptors (Lipinski definition) is 21. The molecule has 5 aromatic carbocycles. The lowest BCUT2D eigenvalue weighted by Gasteiger charge is -2.36. The number of carbonyl (C=O) groups excluding carboxylic acids is 9. The summed E-state index contributed by atoms with van der Waals surface area (Å²) in [5, 5.41) is 13.7. The molecule has 5 saturated heterocycles. The summed E-state index contributed by atoms with van der Waals surface area (Å²) in [5.74, 6) is 2.07. The SMILES string of the molecule is CC(C)C(=O)N1CCN(Cc2nc3cc(C(F)(F)F)ccc3s2)CC1.CC(C)C(=O)NCCNc1ncccn1.CCN(C(=O)CN1CCN(C(=O)C(C)C)CC1)c1ccc(C)cc1.CCc1ccc2nc(CN3CCN(C(=O)C(C)C)CC3)sc2c1.Cc1ccc(CNC(=O)CN2CCN(C(=O)C(C)C)CC2)cc1.Cc1ccc(NC(=O)CN2CCN(C(=O)C(C)C)CC2)c(C)c1. The summed E-state index contributed by atoms with van der Waals surface area (Å²) in [6.45, 7) is 55.6. The minimum atomic E-state index is -4.35. The largest absolute Gasteiger partial charge is 0.416 e. The van der Waals surface area contributed by atoms with Crippen LogP contribution in [0.4, 0.5) is 30.5 Å². The van der Waals surface area contributed by atoms with E-state index in [0.29, 0.717) is 116 Å². The number of alkyl halides is 3. The highest BCUT2D eigenvalue weighted by Crippen LogP contribution is 2.34. The van der Waals surface area contributed by atoms with Gasteiger partial charge in [-0.3, -0.25) is 67.7 Å². The minimum Gasteiger partial charge on any atom is -0.354 e. The van der Waals surface area contributed by atoms with Crippen molar-refractivity contribution >= 4 is 114 Å². The Labute approximate surface area is 793 Å².